The molecule has 1 aromatic carbocycles. The summed E-state index contributed by atoms with van der Waals surface area (Å²) in [5, 5.41) is 3.58. The maximum absolute atomic E-state index is 5.97. The van der Waals surface area contributed by atoms with Gasteiger partial charge in [-0.15, -0.1) is 0 Å². The van der Waals surface area contributed by atoms with E-state index in [1.54, 1.807) is 0 Å². The van der Waals surface area contributed by atoms with Crippen LogP contribution in [0.2, 0.25) is 0 Å². The SMILES string of the molecule is CCCNC(COc1ccc(C)c(C)c1)C(C)(C)C. The van der Waals surface area contributed by atoms with E-state index in [1.165, 1.54) is 11.1 Å². The van der Waals surface area contributed by atoms with Crippen LogP contribution in [0.1, 0.15) is 45.2 Å². The first-order chi connectivity index (χ1) is 8.84. The summed E-state index contributed by atoms with van der Waals surface area (Å²) in [6, 6.07) is 6.67. The molecule has 0 saturated heterocycles. The molecule has 0 aliphatic heterocycles. The quantitative estimate of drug-likeness (QED) is 0.834. The van der Waals surface area contributed by atoms with Crippen LogP contribution in [0.5, 0.6) is 5.75 Å². The first kappa shape index (κ1) is 16.0. The summed E-state index contributed by atoms with van der Waals surface area (Å²) in [4.78, 5) is 0. The minimum absolute atomic E-state index is 0.203. The number of nitrogens with one attached hydrogen (secondary N) is 1. The Labute approximate surface area is 118 Å². The number of rotatable bonds is 6. The van der Waals surface area contributed by atoms with Crippen LogP contribution < -0.4 is 10.1 Å². The van der Waals surface area contributed by atoms with Crippen molar-refractivity contribution in [3.63, 3.8) is 0 Å². The van der Waals surface area contributed by atoms with E-state index in [1.807, 2.05) is 0 Å². The van der Waals surface area contributed by atoms with Crippen molar-refractivity contribution in [2.24, 2.45) is 5.41 Å². The van der Waals surface area contributed by atoms with E-state index < -0.39 is 0 Å². The highest BCUT2D eigenvalue weighted by atomic mass is 16.5. The van der Waals surface area contributed by atoms with Gasteiger partial charge in [-0.2, -0.15) is 0 Å². The molecule has 0 aromatic heterocycles. The normalized spacial score (nSPS) is 13.4. The summed E-state index contributed by atoms with van der Waals surface area (Å²) in [5.41, 5.74) is 2.80. The molecule has 1 unspecified atom stereocenters. The van der Waals surface area contributed by atoms with Crippen molar-refractivity contribution in [3.05, 3.63) is 29.3 Å². The Morgan fingerprint density at radius 2 is 1.84 bits per heavy atom. The molecule has 0 spiro atoms. The van der Waals surface area contributed by atoms with E-state index in [-0.39, 0.29) is 5.41 Å². The van der Waals surface area contributed by atoms with Gasteiger partial charge in [0.25, 0.3) is 0 Å². The molecule has 19 heavy (non-hydrogen) atoms. The summed E-state index contributed by atoms with van der Waals surface area (Å²) in [6.07, 6.45) is 1.15. The minimum Gasteiger partial charge on any atom is -0.492 e. The van der Waals surface area contributed by atoms with Crippen LogP contribution in [0.15, 0.2) is 18.2 Å². The second-order valence-corrected chi connectivity index (χ2v) is 6.43. The van der Waals surface area contributed by atoms with Gasteiger partial charge in [-0.25, -0.2) is 0 Å². The number of hydrogen-bond donors (Lipinski definition) is 1. The van der Waals surface area contributed by atoms with Crippen molar-refractivity contribution >= 4 is 0 Å². The highest BCUT2D eigenvalue weighted by molar-refractivity contribution is 5.33. The van der Waals surface area contributed by atoms with E-state index in [0.29, 0.717) is 12.6 Å². The molecule has 2 heteroatoms. The Bertz CT molecular complexity index is 393. The summed E-state index contributed by atoms with van der Waals surface area (Å²) in [7, 11) is 0. The molecule has 1 atom stereocenters. The number of hydrogen-bond acceptors (Lipinski definition) is 2. The van der Waals surface area contributed by atoms with Gasteiger partial charge < -0.3 is 10.1 Å². The van der Waals surface area contributed by atoms with Gasteiger partial charge >= 0.3 is 0 Å². The van der Waals surface area contributed by atoms with Gasteiger partial charge in [0.05, 0.1) is 0 Å². The van der Waals surface area contributed by atoms with Crippen molar-refractivity contribution in [2.75, 3.05) is 13.2 Å². The largest absolute Gasteiger partial charge is 0.492 e. The van der Waals surface area contributed by atoms with Crippen molar-refractivity contribution in [2.45, 2.75) is 54.0 Å². The lowest BCUT2D eigenvalue weighted by Crippen LogP contribution is -2.45. The fraction of sp³-hybridized carbons (Fsp3) is 0.647. The minimum atomic E-state index is 0.203. The predicted octanol–water partition coefficient (Wildman–Crippen LogP) is 4.10. The van der Waals surface area contributed by atoms with E-state index >= 15 is 0 Å². The van der Waals surface area contributed by atoms with Gasteiger partial charge in [0.1, 0.15) is 12.4 Å². The summed E-state index contributed by atoms with van der Waals surface area (Å²) in [6.45, 7) is 15.0. The number of benzene rings is 1. The molecule has 0 saturated carbocycles. The first-order valence-electron chi connectivity index (χ1n) is 7.28. The Hall–Kier alpha value is -1.02. The van der Waals surface area contributed by atoms with Crippen molar-refractivity contribution in [1.29, 1.82) is 0 Å². The Morgan fingerprint density at radius 3 is 2.37 bits per heavy atom. The second-order valence-electron chi connectivity index (χ2n) is 6.43. The van der Waals surface area contributed by atoms with Crippen molar-refractivity contribution in [1.82, 2.24) is 5.32 Å². The van der Waals surface area contributed by atoms with Crippen LogP contribution in [0, 0.1) is 19.3 Å². The lowest BCUT2D eigenvalue weighted by molar-refractivity contribution is 0.174. The second kappa shape index (κ2) is 6.95. The molecule has 0 aliphatic rings. The van der Waals surface area contributed by atoms with Gasteiger partial charge in [0, 0.05) is 6.04 Å². The topological polar surface area (TPSA) is 21.3 Å². The molecule has 108 valence electrons. The van der Waals surface area contributed by atoms with Gasteiger partial charge in [-0.1, -0.05) is 33.8 Å². The lowest BCUT2D eigenvalue weighted by Gasteiger charge is -2.31. The van der Waals surface area contributed by atoms with Crippen molar-refractivity contribution < 1.29 is 4.74 Å². The fourth-order valence-corrected chi connectivity index (χ4v) is 1.92. The molecule has 0 fully saturated rings. The van der Waals surface area contributed by atoms with Crippen LogP contribution in [-0.2, 0) is 0 Å². The molecule has 1 rings (SSSR count). The molecule has 0 radical (unpaired) electrons. The molecule has 1 aromatic rings. The highest BCUT2D eigenvalue weighted by Crippen LogP contribution is 2.22. The van der Waals surface area contributed by atoms with E-state index in [0.717, 1.165) is 18.7 Å². The third-order valence-electron chi connectivity index (χ3n) is 3.58. The molecule has 0 aliphatic carbocycles. The molecule has 1 N–H and O–H groups in total. The van der Waals surface area contributed by atoms with Gasteiger partial charge in [0.2, 0.25) is 0 Å². The Kier molecular flexibility index (Phi) is 5.86. The van der Waals surface area contributed by atoms with Gasteiger partial charge in [-0.05, 0) is 55.5 Å². The number of aryl methyl sites for hydroxylation is 2. The highest BCUT2D eigenvalue weighted by Gasteiger charge is 2.24. The van der Waals surface area contributed by atoms with Crippen molar-refractivity contribution in [3.8, 4) is 5.75 Å². The Balaban J connectivity index is 2.62. The van der Waals surface area contributed by atoms with Crippen LogP contribution in [0.3, 0.4) is 0 Å². The zero-order valence-electron chi connectivity index (χ0n) is 13.3. The third kappa shape index (κ3) is 5.23. The summed E-state index contributed by atoms with van der Waals surface area (Å²) < 4.78 is 5.97. The van der Waals surface area contributed by atoms with E-state index in [9.17, 15) is 0 Å². The third-order valence-corrected chi connectivity index (χ3v) is 3.58. The first-order valence-corrected chi connectivity index (χ1v) is 7.28. The van der Waals surface area contributed by atoms with Crippen LogP contribution >= 0.6 is 0 Å². The maximum atomic E-state index is 5.97. The monoisotopic (exact) mass is 263 g/mol. The zero-order valence-corrected chi connectivity index (χ0v) is 13.3. The maximum Gasteiger partial charge on any atom is 0.119 e. The Morgan fingerprint density at radius 1 is 1.16 bits per heavy atom. The van der Waals surface area contributed by atoms with Gasteiger partial charge in [-0.3, -0.25) is 0 Å². The van der Waals surface area contributed by atoms with E-state index in [4.69, 9.17) is 4.74 Å². The molecule has 0 bridgehead atoms. The zero-order chi connectivity index (χ0) is 14.5. The molecular formula is C17H29NO. The molecule has 0 heterocycles. The number of ether oxygens (including phenoxy) is 1. The van der Waals surface area contributed by atoms with Crippen LogP contribution in [-0.4, -0.2) is 19.2 Å². The fourth-order valence-electron chi connectivity index (χ4n) is 1.92. The average Bonchev–Trinajstić information content (AvgIpc) is 2.32. The molecule has 0 amide bonds. The van der Waals surface area contributed by atoms with E-state index in [2.05, 4.69) is 65.1 Å². The lowest BCUT2D eigenvalue weighted by atomic mass is 9.87. The molecule has 2 nitrogen and oxygen atoms in total. The van der Waals surface area contributed by atoms with Crippen LogP contribution in [0.25, 0.3) is 0 Å². The average molecular weight is 263 g/mol. The smallest absolute Gasteiger partial charge is 0.119 e. The summed E-state index contributed by atoms with van der Waals surface area (Å²) >= 11 is 0. The molecular weight excluding hydrogens is 234 g/mol. The standard InChI is InChI=1S/C17H29NO/c1-7-10-18-16(17(4,5)6)12-19-15-9-8-13(2)14(3)11-15/h8-9,11,16,18H,7,10,12H2,1-6H3. The van der Waals surface area contributed by atoms with Gasteiger partial charge in [0.15, 0.2) is 0 Å². The predicted molar refractivity (Wildman–Crippen MR) is 82.9 cm³/mol. The van der Waals surface area contributed by atoms with Crippen LogP contribution in [0.4, 0.5) is 0 Å². The summed E-state index contributed by atoms with van der Waals surface area (Å²) in [5.74, 6) is 0.968.